The van der Waals surface area contributed by atoms with Gasteiger partial charge in [-0.1, -0.05) is 18.2 Å². The molecule has 1 aliphatic heterocycles. The molecular formula is C21H26N6O3. The summed E-state index contributed by atoms with van der Waals surface area (Å²) in [6.45, 7) is 5.43. The molecule has 1 aromatic carbocycles. The molecule has 1 aromatic heterocycles. The van der Waals surface area contributed by atoms with Crippen molar-refractivity contribution >= 4 is 23.7 Å². The van der Waals surface area contributed by atoms with Crippen LogP contribution in [0, 0.1) is 6.92 Å². The number of anilines is 1. The molecule has 1 saturated heterocycles. The summed E-state index contributed by atoms with van der Waals surface area (Å²) in [7, 11) is 0. The van der Waals surface area contributed by atoms with Gasteiger partial charge >= 0.3 is 6.03 Å². The van der Waals surface area contributed by atoms with Gasteiger partial charge in [0.2, 0.25) is 0 Å². The molecule has 30 heavy (non-hydrogen) atoms. The lowest BCUT2D eigenvalue weighted by Gasteiger charge is -2.32. The van der Waals surface area contributed by atoms with E-state index in [0.29, 0.717) is 38.0 Å². The lowest BCUT2D eigenvalue weighted by atomic mass is 10.1. The lowest BCUT2D eigenvalue weighted by Crippen LogP contribution is -2.49. The number of nitrogens with zero attached hydrogens (tertiary/aromatic N) is 3. The SMILES string of the molecule is CCNC(=O)N1CCC(NC(=O)c2nccnc2NC(=O)c2ccccc2C)CC1. The number of rotatable bonds is 5. The van der Waals surface area contributed by atoms with E-state index < -0.39 is 5.91 Å². The van der Waals surface area contributed by atoms with Crippen LogP contribution in [0.15, 0.2) is 36.7 Å². The molecule has 0 atom stereocenters. The van der Waals surface area contributed by atoms with Gasteiger partial charge in [0, 0.05) is 43.6 Å². The number of carbonyl (C=O) groups excluding carboxylic acids is 3. The number of urea groups is 1. The van der Waals surface area contributed by atoms with Crippen LogP contribution in [0.4, 0.5) is 10.6 Å². The third-order valence-corrected chi connectivity index (χ3v) is 4.98. The summed E-state index contributed by atoms with van der Waals surface area (Å²) in [4.78, 5) is 47.3. The van der Waals surface area contributed by atoms with Crippen LogP contribution in [0.25, 0.3) is 0 Å². The second-order valence-electron chi connectivity index (χ2n) is 7.09. The summed E-state index contributed by atoms with van der Waals surface area (Å²) in [6.07, 6.45) is 4.13. The molecule has 0 unspecified atom stereocenters. The van der Waals surface area contributed by atoms with Crippen molar-refractivity contribution in [2.75, 3.05) is 25.0 Å². The second kappa shape index (κ2) is 9.82. The maximum absolute atomic E-state index is 12.8. The largest absolute Gasteiger partial charge is 0.348 e. The van der Waals surface area contributed by atoms with Crippen LogP contribution in [-0.4, -0.2) is 58.4 Å². The standard InChI is InChI=1S/C21H26N6O3/c1-3-22-21(30)27-12-8-15(9-13-27)25-20(29)17-18(24-11-10-23-17)26-19(28)16-7-5-4-6-14(16)2/h4-7,10-11,15H,3,8-9,12-13H2,1-2H3,(H,22,30)(H,25,29)(H,24,26,28). The zero-order chi connectivity index (χ0) is 21.5. The maximum Gasteiger partial charge on any atom is 0.317 e. The van der Waals surface area contributed by atoms with Gasteiger partial charge in [0.05, 0.1) is 0 Å². The average molecular weight is 410 g/mol. The highest BCUT2D eigenvalue weighted by Crippen LogP contribution is 2.15. The average Bonchev–Trinajstić information content (AvgIpc) is 2.75. The van der Waals surface area contributed by atoms with Crippen molar-refractivity contribution in [3.05, 3.63) is 53.5 Å². The topological polar surface area (TPSA) is 116 Å². The van der Waals surface area contributed by atoms with Gasteiger partial charge in [-0.05, 0) is 38.3 Å². The van der Waals surface area contributed by atoms with Gasteiger partial charge in [0.25, 0.3) is 11.8 Å². The zero-order valence-corrected chi connectivity index (χ0v) is 17.1. The number of likely N-dealkylation sites (tertiary alicyclic amines) is 1. The van der Waals surface area contributed by atoms with Gasteiger partial charge in [0.15, 0.2) is 11.5 Å². The monoisotopic (exact) mass is 410 g/mol. The number of hydrogen-bond acceptors (Lipinski definition) is 5. The molecule has 2 heterocycles. The first-order valence-electron chi connectivity index (χ1n) is 10.0. The second-order valence-corrected chi connectivity index (χ2v) is 7.09. The normalized spacial score (nSPS) is 14.1. The summed E-state index contributed by atoms with van der Waals surface area (Å²) in [5.41, 5.74) is 1.39. The zero-order valence-electron chi connectivity index (χ0n) is 17.1. The van der Waals surface area contributed by atoms with Crippen LogP contribution in [-0.2, 0) is 0 Å². The van der Waals surface area contributed by atoms with E-state index in [4.69, 9.17) is 0 Å². The minimum atomic E-state index is -0.403. The van der Waals surface area contributed by atoms with Crippen LogP contribution in [0.5, 0.6) is 0 Å². The van der Waals surface area contributed by atoms with Crippen molar-refractivity contribution in [2.45, 2.75) is 32.7 Å². The van der Waals surface area contributed by atoms with Gasteiger partial charge in [-0.2, -0.15) is 0 Å². The lowest BCUT2D eigenvalue weighted by molar-refractivity contribution is 0.0913. The molecule has 4 amide bonds. The number of hydrogen-bond donors (Lipinski definition) is 3. The van der Waals surface area contributed by atoms with Crippen LogP contribution < -0.4 is 16.0 Å². The van der Waals surface area contributed by atoms with E-state index in [1.165, 1.54) is 12.4 Å². The highest BCUT2D eigenvalue weighted by molar-refractivity contribution is 6.08. The molecule has 9 nitrogen and oxygen atoms in total. The summed E-state index contributed by atoms with van der Waals surface area (Å²) >= 11 is 0. The number of amides is 4. The highest BCUT2D eigenvalue weighted by Gasteiger charge is 2.25. The molecule has 9 heteroatoms. The minimum Gasteiger partial charge on any atom is -0.348 e. The predicted molar refractivity (Wildman–Crippen MR) is 112 cm³/mol. The van der Waals surface area contributed by atoms with Crippen molar-refractivity contribution in [1.29, 1.82) is 0 Å². The number of aromatic nitrogens is 2. The van der Waals surface area contributed by atoms with Crippen molar-refractivity contribution in [2.24, 2.45) is 0 Å². The Morgan fingerprint density at radius 3 is 2.47 bits per heavy atom. The number of aryl methyl sites for hydroxylation is 1. The van der Waals surface area contributed by atoms with Crippen molar-refractivity contribution < 1.29 is 14.4 Å². The van der Waals surface area contributed by atoms with Gasteiger partial charge in [0.1, 0.15) is 0 Å². The van der Waals surface area contributed by atoms with Crippen LogP contribution >= 0.6 is 0 Å². The Kier molecular flexibility index (Phi) is 6.95. The highest BCUT2D eigenvalue weighted by atomic mass is 16.2. The molecular weight excluding hydrogens is 384 g/mol. The van der Waals surface area contributed by atoms with Gasteiger partial charge in [-0.15, -0.1) is 0 Å². The van der Waals surface area contributed by atoms with Crippen LogP contribution in [0.3, 0.4) is 0 Å². The first-order valence-corrected chi connectivity index (χ1v) is 10.0. The van der Waals surface area contributed by atoms with E-state index >= 15 is 0 Å². The minimum absolute atomic E-state index is 0.0607. The Morgan fingerprint density at radius 1 is 1.07 bits per heavy atom. The first-order chi connectivity index (χ1) is 14.5. The Labute approximate surface area is 175 Å². The van der Waals surface area contributed by atoms with E-state index in [0.717, 1.165) is 5.56 Å². The third kappa shape index (κ3) is 5.11. The smallest absolute Gasteiger partial charge is 0.317 e. The molecule has 1 aliphatic rings. The third-order valence-electron chi connectivity index (χ3n) is 4.98. The molecule has 0 spiro atoms. The van der Waals surface area contributed by atoms with Gasteiger partial charge in [-0.3, -0.25) is 9.59 Å². The summed E-state index contributed by atoms with van der Waals surface area (Å²) in [6, 6.07) is 7.02. The van der Waals surface area contributed by atoms with Crippen LogP contribution in [0.2, 0.25) is 0 Å². The summed E-state index contributed by atoms with van der Waals surface area (Å²) in [5.74, 6) is -0.638. The first kappa shape index (κ1) is 21.2. The predicted octanol–water partition coefficient (Wildman–Crippen LogP) is 1.96. The number of benzene rings is 1. The molecule has 2 aromatic rings. The van der Waals surface area contributed by atoms with E-state index in [2.05, 4.69) is 25.9 Å². The maximum atomic E-state index is 12.8. The fraction of sp³-hybridized carbons (Fsp3) is 0.381. The Balaban J connectivity index is 1.63. The quantitative estimate of drug-likeness (QED) is 0.697. The Bertz CT molecular complexity index is 924. The van der Waals surface area contributed by atoms with Gasteiger partial charge < -0.3 is 20.9 Å². The molecule has 0 radical (unpaired) electrons. The summed E-state index contributed by atoms with van der Waals surface area (Å²) in [5, 5.41) is 8.41. The van der Waals surface area contributed by atoms with E-state index in [9.17, 15) is 14.4 Å². The summed E-state index contributed by atoms with van der Waals surface area (Å²) < 4.78 is 0. The molecule has 0 bridgehead atoms. The molecule has 158 valence electrons. The number of piperidine rings is 1. The van der Waals surface area contributed by atoms with Crippen molar-refractivity contribution in [3.8, 4) is 0 Å². The fourth-order valence-corrected chi connectivity index (χ4v) is 3.34. The fourth-order valence-electron chi connectivity index (χ4n) is 3.34. The van der Waals surface area contributed by atoms with E-state index in [1.807, 2.05) is 26.0 Å². The molecule has 0 aliphatic carbocycles. The van der Waals surface area contributed by atoms with Crippen molar-refractivity contribution in [1.82, 2.24) is 25.5 Å². The Hall–Kier alpha value is -3.49. The Morgan fingerprint density at radius 2 is 1.77 bits per heavy atom. The van der Waals surface area contributed by atoms with E-state index in [-0.39, 0.29) is 29.5 Å². The molecule has 1 fully saturated rings. The van der Waals surface area contributed by atoms with E-state index in [1.54, 1.807) is 17.0 Å². The number of carbonyl (C=O) groups is 3. The molecule has 3 N–H and O–H groups in total. The van der Waals surface area contributed by atoms with Gasteiger partial charge in [-0.25, -0.2) is 14.8 Å². The molecule has 3 rings (SSSR count). The molecule has 0 saturated carbocycles. The van der Waals surface area contributed by atoms with Crippen LogP contribution in [0.1, 0.15) is 46.2 Å². The number of nitrogens with one attached hydrogen (secondary N) is 3. The van der Waals surface area contributed by atoms with Crippen molar-refractivity contribution in [3.63, 3.8) is 0 Å².